The molecule has 0 amide bonds. The van der Waals surface area contributed by atoms with Gasteiger partial charge in [0, 0.05) is 16.7 Å². The van der Waals surface area contributed by atoms with Crippen molar-refractivity contribution in [1.29, 1.82) is 0 Å². The predicted octanol–water partition coefficient (Wildman–Crippen LogP) is 11.6. The molecule has 0 radical (unpaired) electrons. The van der Waals surface area contributed by atoms with Gasteiger partial charge >= 0.3 is 0 Å². The van der Waals surface area contributed by atoms with Crippen molar-refractivity contribution in [1.82, 2.24) is 9.55 Å². The summed E-state index contributed by atoms with van der Waals surface area (Å²) in [5.74, 6) is 0.953. The van der Waals surface area contributed by atoms with Crippen LogP contribution in [-0.2, 0) is 5.41 Å². The predicted molar refractivity (Wildman–Crippen MR) is 226 cm³/mol. The Morgan fingerprint density at radius 3 is 1.89 bits per heavy atom. The number of benzene rings is 8. The first-order chi connectivity index (χ1) is 26.1. The molecule has 0 bridgehead atoms. The molecule has 0 N–H and O–H groups in total. The lowest BCUT2D eigenvalue weighted by atomic mass is 9.82. The van der Waals surface area contributed by atoms with Crippen molar-refractivity contribution >= 4 is 45.6 Å². The summed E-state index contributed by atoms with van der Waals surface area (Å²) in [6.45, 7) is 4.75. The summed E-state index contributed by atoms with van der Waals surface area (Å²) in [5, 5.41) is 6.52. The zero-order chi connectivity index (χ0) is 35.5. The zero-order valence-corrected chi connectivity index (χ0v) is 30.6. The number of nitrogens with zero attached hydrogens (tertiary/aromatic N) is 2. The summed E-state index contributed by atoms with van der Waals surface area (Å²) in [7, 11) is -0.931. The van der Waals surface area contributed by atoms with Gasteiger partial charge < -0.3 is 0 Å². The highest BCUT2D eigenvalue weighted by molar-refractivity contribution is 7.80. The van der Waals surface area contributed by atoms with E-state index >= 15 is 0 Å². The summed E-state index contributed by atoms with van der Waals surface area (Å²) in [5.41, 5.74) is 12.2. The highest BCUT2D eigenvalue weighted by atomic mass is 31.1. The maximum absolute atomic E-state index is 5.28. The largest absolute Gasteiger partial charge is 0.292 e. The third-order valence-corrected chi connectivity index (χ3v) is 13.5. The molecule has 0 spiro atoms. The monoisotopic (exact) mass is 696 g/mol. The molecule has 0 aliphatic heterocycles. The Morgan fingerprint density at radius 2 is 1.08 bits per heavy atom. The minimum atomic E-state index is -0.931. The molecule has 9 aromatic rings. The molecule has 0 saturated carbocycles. The normalized spacial score (nSPS) is 13.5. The fourth-order valence-corrected chi connectivity index (χ4v) is 10.9. The van der Waals surface area contributed by atoms with Crippen molar-refractivity contribution in [3.05, 3.63) is 199 Å². The van der Waals surface area contributed by atoms with Gasteiger partial charge in [0.1, 0.15) is 5.82 Å². The van der Waals surface area contributed by atoms with E-state index in [4.69, 9.17) is 4.98 Å². The molecule has 0 fully saturated rings. The molecule has 0 saturated heterocycles. The minimum absolute atomic E-state index is 0.0808. The third-order valence-electron chi connectivity index (χ3n) is 11.0. The van der Waals surface area contributed by atoms with Gasteiger partial charge in [-0.3, -0.25) is 4.57 Å². The maximum Gasteiger partial charge on any atom is 0.146 e. The number of para-hydroxylation sites is 3. The molecule has 3 heteroatoms. The summed E-state index contributed by atoms with van der Waals surface area (Å²) >= 11 is 0. The first-order valence-corrected chi connectivity index (χ1v) is 19.7. The van der Waals surface area contributed by atoms with E-state index in [0.29, 0.717) is 0 Å². The van der Waals surface area contributed by atoms with Gasteiger partial charge in [-0.2, -0.15) is 0 Å². The van der Waals surface area contributed by atoms with Crippen molar-refractivity contribution in [2.45, 2.75) is 19.3 Å². The number of imidazole rings is 1. The average Bonchev–Trinajstić information content (AvgIpc) is 3.71. The Kier molecular flexibility index (Phi) is 7.49. The van der Waals surface area contributed by atoms with E-state index in [2.05, 4.69) is 206 Å². The van der Waals surface area contributed by atoms with Crippen molar-refractivity contribution < 1.29 is 0 Å². The fourth-order valence-electron chi connectivity index (χ4n) is 8.41. The second kappa shape index (κ2) is 12.6. The van der Waals surface area contributed by atoms with Crippen LogP contribution in [0.3, 0.4) is 0 Å². The molecule has 1 aliphatic rings. The van der Waals surface area contributed by atoms with Crippen LogP contribution in [0.1, 0.15) is 25.0 Å². The summed E-state index contributed by atoms with van der Waals surface area (Å²) in [4.78, 5) is 5.28. The Balaban J connectivity index is 1.19. The molecule has 1 aliphatic carbocycles. The Morgan fingerprint density at radius 1 is 0.472 bits per heavy atom. The van der Waals surface area contributed by atoms with E-state index in [1.165, 1.54) is 60.1 Å². The quantitative estimate of drug-likeness (QED) is 0.158. The Hall–Kier alpha value is -6.08. The van der Waals surface area contributed by atoms with Gasteiger partial charge in [-0.1, -0.05) is 166 Å². The standard InChI is InChI=1S/C50H37N2P/c1-50(2)44-22-12-11-20-40(44)41-30-29-38(33-45(41)50)53(37-27-25-35(26-28-37)34-15-5-3-6-16-34)48-32-31-43(39-19-9-10-21-42(39)48)49-51-46-23-13-14-24-47(46)52(49)36-17-7-4-8-18-36/h3-33H,1-2H3. The molecule has 2 nitrogen and oxygen atoms in total. The van der Waals surface area contributed by atoms with Crippen molar-refractivity contribution in [2.75, 3.05) is 0 Å². The molecule has 1 unspecified atom stereocenters. The third kappa shape index (κ3) is 5.17. The van der Waals surface area contributed by atoms with Gasteiger partial charge in [0.15, 0.2) is 0 Å². The number of hydrogen-bond donors (Lipinski definition) is 0. The van der Waals surface area contributed by atoms with Gasteiger partial charge in [-0.25, -0.2) is 4.98 Å². The fraction of sp³-hybridized carbons (Fsp3) is 0.0600. The van der Waals surface area contributed by atoms with E-state index in [9.17, 15) is 0 Å². The number of hydrogen-bond acceptors (Lipinski definition) is 1. The van der Waals surface area contributed by atoms with Crippen LogP contribution in [0.15, 0.2) is 188 Å². The zero-order valence-electron chi connectivity index (χ0n) is 29.7. The highest BCUT2D eigenvalue weighted by Gasteiger charge is 2.36. The maximum atomic E-state index is 5.28. The summed E-state index contributed by atoms with van der Waals surface area (Å²) in [6, 6.07) is 68.9. The molecule has 53 heavy (non-hydrogen) atoms. The van der Waals surface area contributed by atoms with Crippen molar-refractivity contribution in [3.8, 4) is 39.3 Å². The van der Waals surface area contributed by atoms with E-state index < -0.39 is 7.92 Å². The second-order valence-electron chi connectivity index (χ2n) is 14.4. The van der Waals surface area contributed by atoms with Crippen LogP contribution in [0.25, 0.3) is 61.1 Å². The van der Waals surface area contributed by atoms with Gasteiger partial charge in [-0.05, 0) is 104 Å². The number of fused-ring (bicyclic) bond motifs is 5. The van der Waals surface area contributed by atoms with E-state index in [-0.39, 0.29) is 5.41 Å². The molecule has 10 rings (SSSR count). The molecule has 1 atom stereocenters. The first-order valence-electron chi connectivity index (χ1n) is 18.3. The lowest BCUT2D eigenvalue weighted by Gasteiger charge is -2.26. The molecule has 252 valence electrons. The SMILES string of the molecule is CC1(C)c2ccccc2-c2ccc(P(c3ccc(-c4ccccc4)cc3)c3ccc(-c4nc5ccccc5n4-c4ccccc4)c4ccccc34)cc21. The van der Waals surface area contributed by atoms with Crippen LogP contribution in [0.4, 0.5) is 0 Å². The average molecular weight is 697 g/mol. The number of rotatable bonds is 6. The van der Waals surface area contributed by atoms with Crippen LogP contribution < -0.4 is 15.9 Å². The van der Waals surface area contributed by atoms with Crippen LogP contribution in [-0.4, -0.2) is 9.55 Å². The smallest absolute Gasteiger partial charge is 0.146 e. The van der Waals surface area contributed by atoms with Crippen molar-refractivity contribution in [3.63, 3.8) is 0 Å². The van der Waals surface area contributed by atoms with E-state index in [0.717, 1.165) is 28.1 Å². The van der Waals surface area contributed by atoms with Gasteiger partial charge in [0.05, 0.1) is 11.0 Å². The van der Waals surface area contributed by atoms with Gasteiger partial charge in [0.2, 0.25) is 0 Å². The van der Waals surface area contributed by atoms with Crippen LogP contribution in [0, 0.1) is 0 Å². The van der Waals surface area contributed by atoms with Crippen LogP contribution in [0.5, 0.6) is 0 Å². The summed E-state index contributed by atoms with van der Waals surface area (Å²) < 4.78 is 2.31. The first kappa shape index (κ1) is 31.6. The highest BCUT2D eigenvalue weighted by Crippen LogP contribution is 2.49. The lowest BCUT2D eigenvalue weighted by molar-refractivity contribution is 0.661. The van der Waals surface area contributed by atoms with Crippen LogP contribution >= 0.6 is 7.92 Å². The van der Waals surface area contributed by atoms with Crippen LogP contribution in [0.2, 0.25) is 0 Å². The van der Waals surface area contributed by atoms with Gasteiger partial charge in [-0.15, -0.1) is 0 Å². The second-order valence-corrected chi connectivity index (χ2v) is 16.6. The molecular weight excluding hydrogens is 660 g/mol. The summed E-state index contributed by atoms with van der Waals surface area (Å²) in [6.07, 6.45) is 0. The molecule has 1 heterocycles. The lowest BCUT2D eigenvalue weighted by Crippen LogP contribution is -2.23. The molecule has 1 aromatic heterocycles. The topological polar surface area (TPSA) is 17.8 Å². The van der Waals surface area contributed by atoms with Gasteiger partial charge in [0.25, 0.3) is 0 Å². The van der Waals surface area contributed by atoms with E-state index in [1.807, 2.05) is 0 Å². The molecular formula is C50H37N2P. The number of aromatic nitrogens is 2. The Labute approximate surface area is 311 Å². The minimum Gasteiger partial charge on any atom is -0.292 e. The van der Waals surface area contributed by atoms with E-state index in [1.54, 1.807) is 0 Å². The molecule has 8 aromatic carbocycles. The van der Waals surface area contributed by atoms with Crippen molar-refractivity contribution in [2.24, 2.45) is 0 Å². The Bertz CT molecular complexity index is 2800.